The highest BCUT2D eigenvalue weighted by molar-refractivity contribution is 6.31. The van der Waals surface area contributed by atoms with Gasteiger partial charge in [-0.3, -0.25) is 4.79 Å². The highest BCUT2D eigenvalue weighted by Crippen LogP contribution is 2.20. The van der Waals surface area contributed by atoms with Crippen molar-refractivity contribution in [3.63, 3.8) is 0 Å². The van der Waals surface area contributed by atoms with Crippen LogP contribution in [-0.4, -0.2) is 31.1 Å². The van der Waals surface area contributed by atoms with E-state index in [9.17, 15) is 9.18 Å². The van der Waals surface area contributed by atoms with Gasteiger partial charge in [0.05, 0.1) is 6.61 Å². The van der Waals surface area contributed by atoms with Gasteiger partial charge < -0.3 is 15.4 Å². The zero-order chi connectivity index (χ0) is 17.5. The first kappa shape index (κ1) is 18.4. The Morgan fingerprint density at radius 3 is 2.54 bits per heavy atom. The largest absolute Gasteiger partial charge is 0.383 e. The maximum absolute atomic E-state index is 13.2. The topological polar surface area (TPSA) is 55.6 Å². The van der Waals surface area contributed by atoms with Gasteiger partial charge in [-0.25, -0.2) is 4.39 Å². The fourth-order valence-electron chi connectivity index (χ4n) is 2.28. The molecule has 0 saturated carbocycles. The van der Waals surface area contributed by atoms with Crippen molar-refractivity contribution in [2.24, 2.45) is 5.73 Å². The van der Waals surface area contributed by atoms with Crippen LogP contribution in [0.2, 0.25) is 5.02 Å². The summed E-state index contributed by atoms with van der Waals surface area (Å²) in [6.45, 7) is 1.50. The molecule has 0 aliphatic rings. The monoisotopic (exact) mass is 350 g/mol. The lowest BCUT2D eigenvalue weighted by atomic mass is 10.1. The molecule has 2 aromatic rings. The number of hydrogen-bond donors (Lipinski definition) is 1. The molecule has 2 N–H and O–H groups in total. The molecule has 0 radical (unpaired) electrons. The number of halogens is 2. The van der Waals surface area contributed by atoms with Crippen LogP contribution in [0.15, 0.2) is 42.5 Å². The lowest BCUT2D eigenvalue weighted by molar-refractivity contribution is 0.0680. The normalized spacial score (nSPS) is 10.7. The fraction of sp³-hybridized carbons (Fsp3) is 0.278. The molecule has 2 rings (SSSR count). The zero-order valence-corrected chi connectivity index (χ0v) is 14.2. The minimum Gasteiger partial charge on any atom is -0.383 e. The first-order valence-electron chi connectivity index (χ1n) is 7.56. The zero-order valence-electron chi connectivity index (χ0n) is 13.5. The minimum absolute atomic E-state index is 0.143. The Hall–Kier alpha value is -1.95. The molecule has 0 saturated heterocycles. The van der Waals surface area contributed by atoms with Crippen LogP contribution in [0.25, 0.3) is 0 Å². The van der Waals surface area contributed by atoms with E-state index in [4.69, 9.17) is 22.1 Å². The van der Waals surface area contributed by atoms with Gasteiger partial charge in [0.25, 0.3) is 5.91 Å². The highest BCUT2D eigenvalue weighted by Gasteiger charge is 2.17. The summed E-state index contributed by atoms with van der Waals surface area (Å²) < 4.78 is 18.3. The molecule has 0 aromatic heterocycles. The van der Waals surface area contributed by atoms with Gasteiger partial charge >= 0.3 is 0 Å². The van der Waals surface area contributed by atoms with E-state index in [0.717, 1.165) is 5.56 Å². The van der Waals surface area contributed by atoms with Crippen molar-refractivity contribution in [1.29, 1.82) is 0 Å². The van der Waals surface area contributed by atoms with E-state index in [1.165, 1.54) is 12.1 Å². The van der Waals surface area contributed by atoms with E-state index in [0.29, 0.717) is 35.8 Å². The summed E-state index contributed by atoms with van der Waals surface area (Å²) in [5, 5.41) is 0.295. The van der Waals surface area contributed by atoms with Crippen molar-refractivity contribution in [3.05, 3.63) is 70.0 Å². The van der Waals surface area contributed by atoms with Crippen molar-refractivity contribution >= 4 is 17.5 Å². The molecule has 4 nitrogen and oxygen atoms in total. The van der Waals surface area contributed by atoms with Crippen LogP contribution in [0, 0.1) is 5.82 Å². The number of hydrogen-bond acceptors (Lipinski definition) is 3. The van der Waals surface area contributed by atoms with Gasteiger partial charge in [0.2, 0.25) is 0 Å². The van der Waals surface area contributed by atoms with Gasteiger partial charge in [-0.2, -0.15) is 0 Å². The number of amides is 1. The number of methoxy groups -OCH3 is 1. The van der Waals surface area contributed by atoms with Gasteiger partial charge in [-0.05, 0) is 35.4 Å². The van der Waals surface area contributed by atoms with Crippen LogP contribution in [0.3, 0.4) is 0 Å². The van der Waals surface area contributed by atoms with E-state index >= 15 is 0 Å². The Kier molecular flexibility index (Phi) is 6.73. The summed E-state index contributed by atoms with van der Waals surface area (Å²) in [5.41, 5.74) is 7.77. The molecule has 1 amide bonds. The van der Waals surface area contributed by atoms with E-state index < -0.39 is 5.82 Å². The lowest BCUT2D eigenvalue weighted by Crippen LogP contribution is -2.33. The van der Waals surface area contributed by atoms with Gasteiger partial charge in [0.1, 0.15) is 5.82 Å². The maximum Gasteiger partial charge on any atom is 0.254 e. The Morgan fingerprint density at radius 1 is 1.25 bits per heavy atom. The molecule has 6 heteroatoms. The molecular formula is C18H20ClFN2O2. The Morgan fingerprint density at radius 2 is 1.96 bits per heavy atom. The Labute approximate surface area is 146 Å². The lowest BCUT2D eigenvalue weighted by Gasteiger charge is -2.23. The van der Waals surface area contributed by atoms with E-state index in [1.807, 2.05) is 12.1 Å². The SMILES string of the molecule is COCCN(Cc1ccc(F)cc1Cl)C(=O)c1ccc(CN)cc1. The van der Waals surface area contributed by atoms with Crippen LogP contribution in [-0.2, 0) is 17.8 Å². The van der Waals surface area contributed by atoms with E-state index in [2.05, 4.69) is 0 Å². The summed E-state index contributed by atoms with van der Waals surface area (Å²) in [5.74, 6) is -0.549. The molecular weight excluding hydrogens is 331 g/mol. The van der Waals surface area contributed by atoms with Crippen molar-refractivity contribution in [3.8, 4) is 0 Å². The summed E-state index contributed by atoms with van der Waals surface area (Å²) in [7, 11) is 1.57. The number of ether oxygens (including phenoxy) is 1. The molecule has 0 unspecified atom stereocenters. The van der Waals surface area contributed by atoms with Crippen LogP contribution >= 0.6 is 11.6 Å². The molecule has 2 aromatic carbocycles. The predicted octanol–water partition coefficient (Wildman–Crippen LogP) is 3.23. The molecule has 0 bridgehead atoms. The standard InChI is InChI=1S/C18H20ClFN2O2/c1-24-9-8-22(12-15-6-7-16(20)10-17(15)19)18(23)14-4-2-13(11-21)3-5-14/h2-7,10H,8-9,11-12,21H2,1H3. The van der Waals surface area contributed by atoms with Crippen LogP contribution < -0.4 is 5.73 Å². The molecule has 24 heavy (non-hydrogen) atoms. The smallest absolute Gasteiger partial charge is 0.254 e. The third kappa shape index (κ3) is 4.77. The maximum atomic E-state index is 13.2. The Bertz CT molecular complexity index is 692. The molecule has 0 aliphatic heterocycles. The van der Waals surface area contributed by atoms with Crippen molar-refractivity contribution in [1.82, 2.24) is 4.90 Å². The third-order valence-electron chi connectivity index (χ3n) is 3.67. The van der Waals surface area contributed by atoms with Gasteiger partial charge in [0, 0.05) is 37.3 Å². The second-order valence-electron chi connectivity index (χ2n) is 5.36. The van der Waals surface area contributed by atoms with Crippen molar-refractivity contribution in [2.45, 2.75) is 13.1 Å². The summed E-state index contributed by atoms with van der Waals surface area (Å²) >= 11 is 6.07. The van der Waals surface area contributed by atoms with Crippen LogP contribution in [0.1, 0.15) is 21.5 Å². The summed E-state index contributed by atoms with van der Waals surface area (Å²) in [4.78, 5) is 14.4. The first-order valence-corrected chi connectivity index (χ1v) is 7.94. The first-order chi connectivity index (χ1) is 11.5. The summed E-state index contributed by atoms with van der Waals surface area (Å²) in [6, 6.07) is 11.3. The summed E-state index contributed by atoms with van der Waals surface area (Å²) in [6.07, 6.45) is 0. The highest BCUT2D eigenvalue weighted by atomic mass is 35.5. The van der Waals surface area contributed by atoms with E-state index in [-0.39, 0.29) is 12.5 Å². The molecule has 0 heterocycles. The number of nitrogens with zero attached hydrogens (tertiary/aromatic N) is 1. The van der Waals surface area contributed by atoms with Crippen molar-refractivity contribution < 1.29 is 13.9 Å². The third-order valence-corrected chi connectivity index (χ3v) is 4.02. The number of carbonyl (C=O) groups excluding carboxylic acids is 1. The van der Waals surface area contributed by atoms with Crippen molar-refractivity contribution in [2.75, 3.05) is 20.3 Å². The van der Waals surface area contributed by atoms with Gasteiger partial charge in [-0.1, -0.05) is 29.8 Å². The number of rotatable bonds is 7. The average Bonchev–Trinajstić information content (AvgIpc) is 2.60. The second kappa shape index (κ2) is 8.78. The van der Waals surface area contributed by atoms with Gasteiger partial charge in [-0.15, -0.1) is 0 Å². The van der Waals surface area contributed by atoms with Gasteiger partial charge in [0.15, 0.2) is 0 Å². The molecule has 0 atom stereocenters. The minimum atomic E-state index is -0.407. The van der Waals surface area contributed by atoms with Crippen LogP contribution in [0.5, 0.6) is 0 Å². The molecule has 0 aliphatic carbocycles. The molecule has 0 fully saturated rings. The number of benzene rings is 2. The number of nitrogens with two attached hydrogens (primary N) is 1. The van der Waals surface area contributed by atoms with E-state index in [1.54, 1.807) is 30.2 Å². The Balaban J connectivity index is 2.21. The average molecular weight is 351 g/mol. The second-order valence-corrected chi connectivity index (χ2v) is 5.76. The number of carbonyl (C=O) groups is 1. The quantitative estimate of drug-likeness (QED) is 0.834. The molecule has 0 spiro atoms. The predicted molar refractivity (Wildman–Crippen MR) is 92.4 cm³/mol. The molecule has 128 valence electrons. The fourth-order valence-corrected chi connectivity index (χ4v) is 2.50. The van der Waals surface area contributed by atoms with Crippen LogP contribution in [0.4, 0.5) is 4.39 Å².